The second-order valence-corrected chi connectivity index (χ2v) is 11.7. The predicted molar refractivity (Wildman–Crippen MR) is 133 cm³/mol. The molecule has 0 N–H and O–H groups in total. The Kier molecular flexibility index (Phi) is 6.93. The number of nitrogens with zero attached hydrogens (tertiary/aromatic N) is 3. The van der Waals surface area contributed by atoms with Crippen LogP contribution in [0.3, 0.4) is 0 Å². The lowest BCUT2D eigenvalue weighted by Crippen LogP contribution is -2.53. The van der Waals surface area contributed by atoms with Gasteiger partial charge in [0.15, 0.2) is 0 Å². The summed E-state index contributed by atoms with van der Waals surface area (Å²) in [5, 5.41) is 0. The number of amides is 2. The lowest BCUT2D eigenvalue weighted by molar-refractivity contribution is -0.138. The van der Waals surface area contributed by atoms with Crippen molar-refractivity contribution in [1.82, 2.24) is 14.1 Å². The van der Waals surface area contributed by atoms with Gasteiger partial charge in [0.2, 0.25) is 15.9 Å². The molecule has 0 radical (unpaired) electrons. The maximum Gasteiger partial charge on any atom is 0.253 e. The molecular weight excluding hydrogens is 462 g/mol. The molecule has 2 aromatic carbocycles. The molecule has 0 saturated carbocycles. The van der Waals surface area contributed by atoms with Crippen molar-refractivity contribution < 1.29 is 18.0 Å². The summed E-state index contributed by atoms with van der Waals surface area (Å²) in [5.74, 6) is -0.0811. The van der Waals surface area contributed by atoms with E-state index in [-0.39, 0.29) is 17.7 Å². The summed E-state index contributed by atoms with van der Waals surface area (Å²) in [4.78, 5) is 29.8. The van der Waals surface area contributed by atoms with Crippen LogP contribution in [-0.2, 0) is 27.7 Å². The van der Waals surface area contributed by atoms with Gasteiger partial charge in [0.25, 0.3) is 5.91 Å². The third-order valence-corrected chi connectivity index (χ3v) is 9.55. The highest BCUT2D eigenvalue weighted by atomic mass is 32.2. The number of carbonyl (C=O) groups excluding carboxylic acids is 2. The van der Waals surface area contributed by atoms with Gasteiger partial charge in [0.05, 0.1) is 4.90 Å². The molecule has 3 aliphatic rings. The van der Waals surface area contributed by atoms with Crippen LogP contribution in [0.5, 0.6) is 0 Å². The van der Waals surface area contributed by atoms with E-state index >= 15 is 0 Å². The van der Waals surface area contributed by atoms with Crippen molar-refractivity contribution in [3.63, 3.8) is 0 Å². The number of benzene rings is 2. The Bertz CT molecular complexity index is 1180. The maximum atomic E-state index is 13.3. The van der Waals surface area contributed by atoms with Crippen LogP contribution in [0.4, 0.5) is 0 Å². The van der Waals surface area contributed by atoms with E-state index < -0.39 is 10.0 Å². The van der Waals surface area contributed by atoms with E-state index in [0.717, 1.165) is 24.8 Å². The molecule has 0 unspecified atom stereocenters. The zero-order chi connectivity index (χ0) is 24.4. The second-order valence-electron chi connectivity index (χ2n) is 9.80. The summed E-state index contributed by atoms with van der Waals surface area (Å²) in [7, 11) is -3.55. The molecule has 2 aliphatic heterocycles. The molecule has 1 aliphatic carbocycles. The molecular formula is C27H33N3O4S. The standard InChI is InChI=1S/C27H33N3O4S/c31-26(22-7-2-1-3-8-22)28-16-18-29(19-17-28)27(32)23-12-14-30(15-13-23)35(33,34)25-11-10-21-6-4-5-9-24(21)20-25/h1-3,7-8,10-11,20,23H,4-6,9,12-19H2. The van der Waals surface area contributed by atoms with Crippen molar-refractivity contribution in [2.24, 2.45) is 5.92 Å². The molecule has 2 heterocycles. The van der Waals surface area contributed by atoms with E-state index in [9.17, 15) is 18.0 Å². The Morgan fingerprint density at radius 1 is 0.743 bits per heavy atom. The molecule has 8 heteroatoms. The number of piperidine rings is 1. The smallest absolute Gasteiger partial charge is 0.253 e. The fraction of sp³-hybridized carbons (Fsp3) is 0.481. The minimum atomic E-state index is -3.55. The molecule has 0 aromatic heterocycles. The van der Waals surface area contributed by atoms with Crippen molar-refractivity contribution in [3.8, 4) is 0 Å². The maximum absolute atomic E-state index is 13.3. The Balaban J connectivity index is 1.15. The summed E-state index contributed by atoms with van der Waals surface area (Å²) >= 11 is 0. The third kappa shape index (κ3) is 5.00. The minimum absolute atomic E-state index is 0.00149. The predicted octanol–water partition coefficient (Wildman–Crippen LogP) is 2.95. The highest BCUT2D eigenvalue weighted by Crippen LogP contribution is 2.29. The van der Waals surface area contributed by atoms with Crippen molar-refractivity contribution in [1.29, 1.82) is 0 Å². The average molecular weight is 496 g/mol. The molecule has 7 nitrogen and oxygen atoms in total. The van der Waals surface area contributed by atoms with Crippen LogP contribution in [0.2, 0.25) is 0 Å². The van der Waals surface area contributed by atoms with E-state index in [1.807, 2.05) is 47.4 Å². The van der Waals surface area contributed by atoms with Gasteiger partial charge in [-0.1, -0.05) is 24.3 Å². The highest BCUT2D eigenvalue weighted by Gasteiger charge is 2.35. The second kappa shape index (κ2) is 10.1. The van der Waals surface area contributed by atoms with E-state index in [1.165, 1.54) is 16.3 Å². The number of aryl methyl sites for hydroxylation is 2. The van der Waals surface area contributed by atoms with Gasteiger partial charge in [0.1, 0.15) is 0 Å². The lowest BCUT2D eigenvalue weighted by atomic mass is 9.92. The van der Waals surface area contributed by atoms with Crippen molar-refractivity contribution in [3.05, 3.63) is 65.2 Å². The van der Waals surface area contributed by atoms with E-state index in [1.54, 1.807) is 11.0 Å². The summed E-state index contributed by atoms with van der Waals surface area (Å²) in [6.07, 6.45) is 5.31. The lowest BCUT2D eigenvalue weighted by Gasteiger charge is -2.38. The first-order chi connectivity index (χ1) is 16.9. The molecule has 0 spiro atoms. The van der Waals surface area contributed by atoms with Crippen LogP contribution >= 0.6 is 0 Å². The van der Waals surface area contributed by atoms with Gasteiger partial charge >= 0.3 is 0 Å². The average Bonchev–Trinajstić information content (AvgIpc) is 2.92. The van der Waals surface area contributed by atoms with Crippen LogP contribution < -0.4 is 0 Å². The number of sulfonamides is 1. The van der Waals surface area contributed by atoms with Gasteiger partial charge in [-0.05, 0) is 73.9 Å². The Hall–Kier alpha value is -2.71. The summed E-state index contributed by atoms with van der Waals surface area (Å²) < 4.78 is 28.1. The fourth-order valence-corrected chi connectivity index (χ4v) is 7.03. The van der Waals surface area contributed by atoms with Crippen LogP contribution in [0, 0.1) is 5.92 Å². The Morgan fingerprint density at radius 2 is 1.37 bits per heavy atom. The highest BCUT2D eigenvalue weighted by molar-refractivity contribution is 7.89. The number of hydrogen-bond donors (Lipinski definition) is 0. The molecule has 186 valence electrons. The SMILES string of the molecule is O=C(c1ccccc1)N1CCN(C(=O)C2CCN(S(=O)(=O)c3ccc4c(c3)CCCC4)CC2)CC1. The van der Waals surface area contributed by atoms with E-state index in [2.05, 4.69) is 0 Å². The Labute approximate surface area is 207 Å². The third-order valence-electron chi connectivity index (χ3n) is 7.66. The Morgan fingerprint density at radius 3 is 2.06 bits per heavy atom. The number of hydrogen-bond acceptors (Lipinski definition) is 4. The zero-order valence-corrected chi connectivity index (χ0v) is 20.9. The van der Waals surface area contributed by atoms with Gasteiger partial charge < -0.3 is 9.80 Å². The van der Waals surface area contributed by atoms with Crippen LogP contribution in [-0.4, -0.2) is 73.6 Å². The number of piperazine rings is 1. The van der Waals surface area contributed by atoms with E-state index in [4.69, 9.17) is 0 Å². The topological polar surface area (TPSA) is 78.0 Å². The van der Waals surface area contributed by atoms with Gasteiger partial charge in [0, 0.05) is 50.7 Å². The van der Waals surface area contributed by atoms with Crippen LogP contribution in [0.25, 0.3) is 0 Å². The molecule has 2 aromatic rings. The fourth-order valence-electron chi connectivity index (χ4n) is 5.51. The quantitative estimate of drug-likeness (QED) is 0.654. The molecule has 2 amide bonds. The van der Waals surface area contributed by atoms with Crippen LogP contribution in [0.1, 0.15) is 47.2 Å². The number of carbonyl (C=O) groups is 2. The molecule has 0 bridgehead atoms. The summed E-state index contributed by atoms with van der Waals surface area (Å²) in [5.41, 5.74) is 3.09. The van der Waals surface area contributed by atoms with Gasteiger partial charge in [-0.3, -0.25) is 9.59 Å². The van der Waals surface area contributed by atoms with Crippen LogP contribution in [0.15, 0.2) is 53.4 Å². The molecule has 5 rings (SSSR count). The number of fused-ring (bicyclic) bond motifs is 1. The van der Waals surface area contributed by atoms with Crippen molar-refractivity contribution in [2.45, 2.75) is 43.4 Å². The summed E-state index contributed by atoms with van der Waals surface area (Å²) in [6, 6.07) is 14.8. The first kappa shape index (κ1) is 24.0. The zero-order valence-electron chi connectivity index (χ0n) is 20.1. The monoisotopic (exact) mass is 495 g/mol. The largest absolute Gasteiger partial charge is 0.339 e. The van der Waals surface area contributed by atoms with Gasteiger partial charge in [-0.15, -0.1) is 0 Å². The number of rotatable bonds is 4. The minimum Gasteiger partial charge on any atom is -0.339 e. The molecule has 2 saturated heterocycles. The first-order valence-corrected chi connectivity index (χ1v) is 14.1. The molecule has 35 heavy (non-hydrogen) atoms. The molecule has 2 fully saturated rings. The van der Waals surface area contributed by atoms with E-state index in [0.29, 0.717) is 62.6 Å². The molecule has 0 atom stereocenters. The van der Waals surface area contributed by atoms with Crippen molar-refractivity contribution in [2.75, 3.05) is 39.3 Å². The van der Waals surface area contributed by atoms with Gasteiger partial charge in [-0.2, -0.15) is 4.31 Å². The van der Waals surface area contributed by atoms with Gasteiger partial charge in [-0.25, -0.2) is 8.42 Å². The van der Waals surface area contributed by atoms with Crippen molar-refractivity contribution >= 4 is 21.8 Å². The first-order valence-electron chi connectivity index (χ1n) is 12.7. The normalized spacial score (nSPS) is 19.9. The summed E-state index contributed by atoms with van der Waals surface area (Å²) in [6.45, 7) is 2.80.